The van der Waals surface area contributed by atoms with E-state index in [1.54, 1.807) is 0 Å². The minimum Gasteiger partial charge on any atom is -0.356 e. The fraction of sp³-hybridized carbons (Fsp3) is 0.929. The monoisotopic (exact) mass is 253 g/mol. The Morgan fingerprint density at radius 2 is 2.00 bits per heavy atom. The van der Waals surface area contributed by atoms with Gasteiger partial charge in [0.05, 0.1) is 5.92 Å². The summed E-state index contributed by atoms with van der Waals surface area (Å²) >= 11 is 0. The lowest BCUT2D eigenvalue weighted by molar-refractivity contribution is -0.127. The molecular weight excluding hydrogens is 226 g/mol. The summed E-state index contributed by atoms with van der Waals surface area (Å²) in [7, 11) is 4.15. The molecule has 4 atom stereocenters. The number of amides is 1. The first-order valence-electron chi connectivity index (χ1n) is 7.27. The van der Waals surface area contributed by atoms with E-state index in [-0.39, 0.29) is 17.9 Å². The van der Waals surface area contributed by atoms with E-state index in [0.29, 0.717) is 11.8 Å². The van der Waals surface area contributed by atoms with Crippen LogP contribution in [0.2, 0.25) is 0 Å². The molecule has 4 unspecified atom stereocenters. The molecule has 3 N–H and O–H groups in total. The topological polar surface area (TPSA) is 58.4 Å². The zero-order valence-corrected chi connectivity index (χ0v) is 11.7. The van der Waals surface area contributed by atoms with Gasteiger partial charge in [0, 0.05) is 12.6 Å². The molecule has 0 radical (unpaired) electrons. The van der Waals surface area contributed by atoms with E-state index < -0.39 is 0 Å². The summed E-state index contributed by atoms with van der Waals surface area (Å²) in [6.45, 7) is 1.89. The van der Waals surface area contributed by atoms with Crippen LogP contribution in [-0.4, -0.2) is 44.0 Å². The molecule has 2 aliphatic carbocycles. The zero-order chi connectivity index (χ0) is 13.1. The van der Waals surface area contributed by atoms with Gasteiger partial charge in [0.15, 0.2) is 0 Å². The molecule has 2 rings (SSSR count). The summed E-state index contributed by atoms with van der Waals surface area (Å²) in [5.41, 5.74) is 6.17. The molecule has 2 bridgehead atoms. The highest BCUT2D eigenvalue weighted by molar-refractivity contribution is 5.80. The van der Waals surface area contributed by atoms with E-state index in [0.717, 1.165) is 25.9 Å². The molecule has 0 aromatic heterocycles. The van der Waals surface area contributed by atoms with Gasteiger partial charge in [-0.1, -0.05) is 0 Å². The van der Waals surface area contributed by atoms with Gasteiger partial charge in [-0.25, -0.2) is 0 Å². The number of nitrogens with two attached hydrogens (primary N) is 1. The standard InChI is InChI=1S/C14H27N3O/c1-17(2)8-4-3-7-16-14(18)12-10-5-6-11(9-10)13(12)15/h10-13H,3-9,15H2,1-2H3,(H,16,18). The number of unbranched alkanes of at least 4 members (excludes halogenated alkanes) is 1. The number of hydrogen-bond acceptors (Lipinski definition) is 3. The van der Waals surface area contributed by atoms with Crippen LogP contribution in [0.3, 0.4) is 0 Å². The maximum absolute atomic E-state index is 12.1. The summed E-state index contributed by atoms with van der Waals surface area (Å²) in [5.74, 6) is 1.48. The Bertz CT molecular complexity index is 291. The second-order valence-electron chi connectivity index (χ2n) is 6.24. The molecule has 0 heterocycles. The number of hydrogen-bond donors (Lipinski definition) is 2. The molecule has 2 aliphatic rings. The van der Waals surface area contributed by atoms with Crippen LogP contribution in [0.4, 0.5) is 0 Å². The average molecular weight is 253 g/mol. The van der Waals surface area contributed by atoms with Gasteiger partial charge in [-0.2, -0.15) is 0 Å². The summed E-state index contributed by atoms with van der Waals surface area (Å²) in [4.78, 5) is 14.3. The van der Waals surface area contributed by atoms with Crippen LogP contribution in [0, 0.1) is 17.8 Å². The van der Waals surface area contributed by atoms with Crippen LogP contribution in [0.25, 0.3) is 0 Å². The lowest BCUT2D eigenvalue weighted by atomic mass is 9.84. The molecule has 0 spiro atoms. The van der Waals surface area contributed by atoms with Crippen LogP contribution >= 0.6 is 0 Å². The van der Waals surface area contributed by atoms with E-state index in [2.05, 4.69) is 24.3 Å². The van der Waals surface area contributed by atoms with Crippen molar-refractivity contribution < 1.29 is 4.79 Å². The average Bonchev–Trinajstić information content (AvgIpc) is 2.88. The zero-order valence-electron chi connectivity index (χ0n) is 11.7. The highest BCUT2D eigenvalue weighted by Gasteiger charge is 2.48. The summed E-state index contributed by atoms with van der Waals surface area (Å²) in [5, 5.41) is 3.08. The molecule has 0 aromatic rings. The molecule has 2 saturated carbocycles. The fourth-order valence-electron chi connectivity index (χ4n) is 3.61. The number of nitrogens with zero attached hydrogens (tertiary/aromatic N) is 1. The highest BCUT2D eigenvalue weighted by atomic mass is 16.1. The first kappa shape index (κ1) is 13.8. The van der Waals surface area contributed by atoms with Crippen molar-refractivity contribution in [2.75, 3.05) is 27.2 Å². The first-order valence-corrected chi connectivity index (χ1v) is 7.27. The van der Waals surface area contributed by atoms with Crippen LogP contribution in [0.15, 0.2) is 0 Å². The third-order valence-electron chi connectivity index (χ3n) is 4.61. The van der Waals surface area contributed by atoms with Gasteiger partial charge < -0.3 is 16.0 Å². The highest BCUT2D eigenvalue weighted by Crippen LogP contribution is 2.47. The van der Waals surface area contributed by atoms with Gasteiger partial charge in [-0.05, 0) is 64.6 Å². The minimum absolute atomic E-state index is 0.0950. The lowest BCUT2D eigenvalue weighted by Gasteiger charge is -2.27. The molecule has 104 valence electrons. The molecule has 0 aromatic carbocycles. The molecule has 2 fully saturated rings. The Kier molecular flexibility index (Phi) is 4.62. The smallest absolute Gasteiger partial charge is 0.224 e. The predicted molar refractivity (Wildman–Crippen MR) is 73.1 cm³/mol. The van der Waals surface area contributed by atoms with Gasteiger partial charge in [0.1, 0.15) is 0 Å². The normalized spacial score (nSPS) is 34.2. The third-order valence-corrected chi connectivity index (χ3v) is 4.61. The lowest BCUT2D eigenvalue weighted by Crippen LogP contribution is -2.45. The van der Waals surface area contributed by atoms with Crippen molar-refractivity contribution in [3.8, 4) is 0 Å². The van der Waals surface area contributed by atoms with Gasteiger partial charge >= 0.3 is 0 Å². The molecule has 18 heavy (non-hydrogen) atoms. The molecule has 4 nitrogen and oxygen atoms in total. The van der Waals surface area contributed by atoms with Crippen molar-refractivity contribution >= 4 is 5.91 Å². The van der Waals surface area contributed by atoms with Crippen LogP contribution < -0.4 is 11.1 Å². The van der Waals surface area contributed by atoms with Gasteiger partial charge in [0.2, 0.25) is 5.91 Å². The van der Waals surface area contributed by atoms with Crippen LogP contribution in [0.1, 0.15) is 32.1 Å². The summed E-state index contributed by atoms with van der Waals surface area (Å²) in [6.07, 6.45) is 5.81. The second-order valence-corrected chi connectivity index (χ2v) is 6.24. The molecule has 4 heteroatoms. The maximum atomic E-state index is 12.1. The van der Waals surface area contributed by atoms with E-state index in [9.17, 15) is 4.79 Å². The Morgan fingerprint density at radius 3 is 2.61 bits per heavy atom. The quantitative estimate of drug-likeness (QED) is 0.689. The van der Waals surface area contributed by atoms with Crippen molar-refractivity contribution in [2.45, 2.75) is 38.1 Å². The van der Waals surface area contributed by atoms with Crippen molar-refractivity contribution in [2.24, 2.45) is 23.5 Å². The predicted octanol–water partition coefficient (Wildman–Crippen LogP) is 0.818. The second kappa shape index (κ2) is 6.02. The Hall–Kier alpha value is -0.610. The van der Waals surface area contributed by atoms with Crippen molar-refractivity contribution in [3.63, 3.8) is 0 Å². The van der Waals surface area contributed by atoms with Crippen molar-refractivity contribution in [3.05, 3.63) is 0 Å². The number of fused-ring (bicyclic) bond motifs is 2. The van der Waals surface area contributed by atoms with Crippen molar-refractivity contribution in [1.29, 1.82) is 0 Å². The molecular formula is C14H27N3O. The SMILES string of the molecule is CN(C)CCCCNC(=O)C1C2CCC(C2)C1N. The molecule has 0 saturated heterocycles. The number of carbonyl (C=O) groups is 1. The number of carbonyl (C=O) groups excluding carboxylic acids is 1. The van der Waals surface area contributed by atoms with E-state index in [1.807, 2.05) is 0 Å². The van der Waals surface area contributed by atoms with Gasteiger partial charge in [-0.3, -0.25) is 4.79 Å². The Labute approximate surface area is 110 Å². The third kappa shape index (κ3) is 3.04. The minimum atomic E-state index is 0.0950. The Morgan fingerprint density at radius 1 is 1.28 bits per heavy atom. The maximum Gasteiger partial charge on any atom is 0.224 e. The first-order chi connectivity index (χ1) is 8.59. The summed E-state index contributed by atoms with van der Waals surface area (Å²) < 4.78 is 0. The van der Waals surface area contributed by atoms with E-state index in [1.165, 1.54) is 19.3 Å². The largest absolute Gasteiger partial charge is 0.356 e. The van der Waals surface area contributed by atoms with E-state index >= 15 is 0 Å². The Balaban J connectivity index is 1.66. The molecule has 0 aliphatic heterocycles. The van der Waals surface area contributed by atoms with Gasteiger partial charge in [0.25, 0.3) is 0 Å². The number of nitrogens with one attached hydrogen (secondary N) is 1. The summed E-state index contributed by atoms with van der Waals surface area (Å²) in [6, 6.07) is 0.116. The van der Waals surface area contributed by atoms with Crippen LogP contribution in [-0.2, 0) is 4.79 Å². The fourth-order valence-corrected chi connectivity index (χ4v) is 3.61. The molecule has 1 amide bonds. The number of rotatable bonds is 6. The van der Waals surface area contributed by atoms with Crippen molar-refractivity contribution in [1.82, 2.24) is 10.2 Å². The van der Waals surface area contributed by atoms with Crippen LogP contribution in [0.5, 0.6) is 0 Å². The van der Waals surface area contributed by atoms with Gasteiger partial charge in [-0.15, -0.1) is 0 Å². The van der Waals surface area contributed by atoms with E-state index in [4.69, 9.17) is 5.73 Å².